The molecular formula is C25H21ClN2O2. The summed E-state index contributed by atoms with van der Waals surface area (Å²) in [5, 5.41) is 17.8. The van der Waals surface area contributed by atoms with Gasteiger partial charge in [-0.25, -0.2) is 0 Å². The van der Waals surface area contributed by atoms with Crippen LogP contribution in [0.25, 0.3) is 0 Å². The molecule has 0 saturated carbocycles. The van der Waals surface area contributed by atoms with Gasteiger partial charge in [0.2, 0.25) is 0 Å². The molecule has 0 bridgehead atoms. The normalized spacial score (nSPS) is 20.5. The van der Waals surface area contributed by atoms with Crippen LogP contribution < -0.4 is 10.6 Å². The monoisotopic (exact) mass is 416 g/mol. The van der Waals surface area contributed by atoms with Crippen molar-refractivity contribution in [3.8, 4) is 5.75 Å². The number of benzene rings is 3. The van der Waals surface area contributed by atoms with Gasteiger partial charge in [-0.2, -0.15) is 0 Å². The van der Waals surface area contributed by atoms with Crippen LogP contribution in [0.4, 0.5) is 11.4 Å². The number of phenolic OH excluding ortho intramolecular Hbond substituents is 1. The quantitative estimate of drug-likeness (QED) is 0.477. The van der Waals surface area contributed by atoms with Crippen molar-refractivity contribution in [2.45, 2.75) is 24.8 Å². The lowest BCUT2D eigenvalue weighted by atomic mass is 9.78. The molecule has 30 heavy (non-hydrogen) atoms. The number of para-hydroxylation sites is 2. The molecule has 0 saturated heterocycles. The molecule has 3 N–H and O–H groups in total. The summed E-state index contributed by atoms with van der Waals surface area (Å²) < 4.78 is 0. The topological polar surface area (TPSA) is 61.4 Å². The van der Waals surface area contributed by atoms with E-state index in [9.17, 15) is 9.90 Å². The molecule has 0 aromatic heterocycles. The van der Waals surface area contributed by atoms with Gasteiger partial charge in [0, 0.05) is 22.7 Å². The Morgan fingerprint density at radius 2 is 1.63 bits per heavy atom. The second kappa shape index (κ2) is 7.54. The molecule has 0 amide bonds. The van der Waals surface area contributed by atoms with Gasteiger partial charge in [-0.05, 0) is 59.9 Å². The molecule has 5 rings (SSSR count). The molecule has 5 heteroatoms. The van der Waals surface area contributed by atoms with E-state index < -0.39 is 0 Å². The minimum absolute atomic E-state index is 0.0936. The van der Waals surface area contributed by atoms with Crippen molar-refractivity contribution in [3.05, 3.63) is 100 Å². The predicted molar refractivity (Wildman–Crippen MR) is 120 cm³/mol. The number of hydrogen-bond donors (Lipinski definition) is 3. The number of carbonyl (C=O) groups excluding carboxylic acids is 1. The van der Waals surface area contributed by atoms with Crippen LogP contribution in [0.15, 0.2) is 84.1 Å². The molecule has 3 aromatic rings. The van der Waals surface area contributed by atoms with Crippen molar-refractivity contribution in [1.82, 2.24) is 0 Å². The van der Waals surface area contributed by atoms with Crippen LogP contribution in [0, 0.1) is 0 Å². The van der Waals surface area contributed by atoms with Crippen LogP contribution in [0.1, 0.15) is 35.9 Å². The molecule has 1 heterocycles. The number of halogens is 1. The third-order valence-corrected chi connectivity index (χ3v) is 6.11. The summed E-state index contributed by atoms with van der Waals surface area (Å²) in [6.45, 7) is 0. The first kappa shape index (κ1) is 18.8. The summed E-state index contributed by atoms with van der Waals surface area (Å²) in [7, 11) is 0. The number of hydrogen-bond acceptors (Lipinski definition) is 4. The van der Waals surface area contributed by atoms with Crippen molar-refractivity contribution in [2.75, 3.05) is 10.6 Å². The third kappa shape index (κ3) is 3.44. The van der Waals surface area contributed by atoms with Gasteiger partial charge >= 0.3 is 0 Å². The highest BCUT2D eigenvalue weighted by molar-refractivity contribution is 6.30. The number of nitrogens with one attached hydrogen (secondary N) is 2. The molecule has 0 unspecified atom stereocenters. The number of aromatic hydroxyl groups is 1. The molecule has 150 valence electrons. The zero-order valence-electron chi connectivity index (χ0n) is 16.2. The lowest BCUT2D eigenvalue weighted by molar-refractivity contribution is -0.116. The number of Topliss-reactive ketones (excluding diaryl/α,β-unsaturated/α-hetero) is 1. The van der Waals surface area contributed by atoms with E-state index in [1.54, 1.807) is 18.2 Å². The Labute approximate surface area is 180 Å². The van der Waals surface area contributed by atoms with Crippen LogP contribution in [0.2, 0.25) is 5.02 Å². The van der Waals surface area contributed by atoms with Gasteiger partial charge in [0.1, 0.15) is 5.75 Å². The fourth-order valence-electron chi connectivity index (χ4n) is 4.42. The van der Waals surface area contributed by atoms with E-state index in [4.69, 9.17) is 11.6 Å². The van der Waals surface area contributed by atoms with Gasteiger partial charge in [0.25, 0.3) is 0 Å². The van der Waals surface area contributed by atoms with E-state index in [0.29, 0.717) is 11.4 Å². The van der Waals surface area contributed by atoms with Crippen LogP contribution >= 0.6 is 11.6 Å². The summed E-state index contributed by atoms with van der Waals surface area (Å²) in [5.74, 6) is 0.387. The van der Waals surface area contributed by atoms with Gasteiger partial charge in [0.15, 0.2) is 5.78 Å². The Balaban J connectivity index is 1.61. The second-order valence-corrected chi connectivity index (χ2v) is 8.25. The zero-order chi connectivity index (χ0) is 20.7. The Morgan fingerprint density at radius 3 is 2.40 bits per heavy atom. The number of anilines is 2. The molecule has 4 nitrogen and oxygen atoms in total. The number of allylic oxidation sites excluding steroid dienone is 1. The highest BCUT2D eigenvalue weighted by Gasteiger charge is 2.36. The zero-order valence-corrected chi connectivity index (χ0v) is 17.0. The SMILES string of the molecule is O=C1C[C@@H](c2ccc(Cl)cc2)CC2=C1[C@@H](c1cccc(O)c1)Nc1ccccc1N2. The van der Waals surface area contributed by atoms with Crippen molar-refractivity contribution in [3.63, 3.8) is 0 Å². The summed E-state index contributed by atoms with van der Waals surface area (Å²) in [6, 6.07) is 22.5. The fraction of sp³-hybridized carbons (Fsp3) is 0.160. The smallest absolute Gasteiger partial charge is 0.163 e. The van der Waals surface area contributed by atoms with Crippen molar-refractivity contribution in [1.29, 1.82) is 0 Å². The Hall–Kier alpha value is -3.24. The van der Waals surface area contributed by atoms with Gasteiger partial charge in [-0.3, -0.25) is 4.79 Å². The maximum absolute atomic E-state index is 13.4. The van der Waals surface area contributed by atoms with Crippen molar-refractivity contribution >= 4 is 28.8 Å². The first-order valence-electron chi connectivity index (χ1n) is 10.0. The molecule has 0 radical (unpaired) electrons. The van der Waals surface area contributed by atoms with E-state index in [1.807, 2.05) is 54.6 Å². The third-order valence-electron chi connectivity index (χ3n) is 5.85. The minimum Gasteiger partial charge on any atom is -0.508 e. The number of fused-ring (bicyclic) bond motifs is 1. The number of phenols is 1. The average molecular weight is 417 g/mol. The summed E-state index contributed by atoms with van der Waals surface area (Å²) in [5.41, 5.74) is 5.51. The van der Waals surface area contributed by atoms with E-state index in [0.717, 1.165) is 40.2 Å². The van der Waals surface area contributed by atoms with E-state index >= 15 is 0 Å². The van der Waals surface area contributed by atoms with Crippen molar-refractivity contribution < 1.29 is 9.90 Å². The van der Waals surface area contributed by atoms with Crippen molar-refractivity contribution in [2.24, 2.45) is 0 Å². The molecule has 2 aliphatic rings. The Bertz CT molecular complexity index is 1150. The number of rotatable bonds is 2. The maximum Gasteiger partial charge on any atom is 0.163 e. The number of ketones is 1. The lowest BCUT2D eigenvalue weighted by Crippen LogP contribution is -2.26. The fourth-order valence-corrected chi connectivity index (χ4v) is 4.54. The Kier molecular flexibility index (Phi) is 4.72. The van der Waals surface area contributed by atoms with Crippen LogP contribution in [-0.4, -0.2) is 10.9 Å². The molecule has 2 atom stereocenters. The highest BCUT2D eigenvalue weighted by atomic mass is 35.5. The van der Waals surface area contributed by atoms with E-state index in [-0.39, 0.29) is 23.5 Å². The molecular weight excluding hydrogens is 396 g/mol. The lowest BCUT2D eigenvalue weighted by Gasteiger charge is -2.30. The van der Waals surface area contributed by atoms with Crippen LogP contribution in [0.5, 0.6) is 5.75 Å². The first-order chi connectivity index (χ1) is 14.6. The van der Waals surface area contributed by atoms with E-state index in [1.165, 1.54) is 0 Å². The molecule has 1 aliphatic carbocycles. The minimum atomic E-state index is -0.332. The molecule has 0 spiro atoms. The molecule has 3 aromatic carbocycles. The number of carbonyl (C=O) groups is 1. The largest absolute Gasteiger partial charge is 0.508 e. The highest BCUT2D eigenvalue weighted by Crippen LogP contribution is 2.44. The van der Waals surface area contributed by atoms with Gasteiger partial charge in [0.05, 0.1) is 17.4 Å². The maximum atomic E-state index is 13.4. The van der Waals surface area contributed by atoms with E-state index in [2.05, 4.69) is 10.6 Å². The van der Waals surface area contributed by atoms with Crippen LogP contribution in [-0.2, 0) is 4.79 Å². The molecule has 0 fully saturated rings. The molecule has 1 aliphatic heterocycles. The standard InChI is InChI=1S/C25H21ClN2O2/c26-18-10-8-15(9-11-18)17-13-22-24(23(30)14-17)25(16-4-3-5-19(29)12-16)28-21-7-2-1-6-20(21)27-22/h1-12,17,25,27-29H,13-14H2/t17-,25+/m0/s1. The predicted octanol–water partition coefficient (Wildman–Crippen LogP) is 6.03. The van der Waals surface area contributed by atoms with Crippen LogP contribution in [0.3, 0.4) is 0 Å². The first-order valence-corrected chi connectivity index (χ1v) is 10.4. The van der Waals surface area contributed by atoms with Gasteiger partial charge < -0.3 is 15.7 Å². The second-order valence-electron chi connectivity index (χ2n) is 7.82. The average Bonchev–Trinajstić information content (AvgIpc) is 2.91. The summed E-state index contributed by atoms with van der Waals surface area (Å²) in [6.07, 6.45) is 1.17. The van der Waals surface area contributed by atoms with Gasteiger partial charge in [-0.15, -0.1) is 0 Å². The summed E-state index contributed by atoms with van der Waals surface area (Å²) >= 11 is 6.05. The van der Waals surface area contributed by atoms with Gasteiger partial charge in [-0.1, -0.05) is 48.0 Å². The summed E-state index contributed by atoms with van der Waals surface area (Å²) in [4.78, 5) is 13.4. The Morgan fingerprint density at radius 1 is 0.867 bits per heavy atom.